The fraction of sp³-hybridized carbons (Fsp3) is 0.0400. The molecule has 176 valence electrons. The minimum Gasteiger partial charge on any atom is -0.483 e. The van der Waals surface area contributed by atoms with Gasteiger partial charge in [-0.1, -0.05) is 12.1 Å². The van der Waals surface area contributed by atoms with Gasteiger partial charge in [0.25, 0.3) is 11.8 Å². The number of nitrogens with zero attached hydrogens (tertiary/aromatic N) is 1. The summed E-state index contributed by atoms with van der Waals surface area (Å²) in [6, 6.07) is 17.5. The molecule has 0 aliphatic carbocycles. The fourth-order valence-electron chi connectivity index (χ4n) is 2.84. The molecule has 0 aromatic heterocycles. The number of amides is 2. The molecule has 0 unspecified atom stereocenters. The van der Waals surface area contributed by atoms with Gasteiger partial charge < -0.3 is 20.5 Å². The van der Waals surface area contributed by atoms with Crippen LogP contribution in [0.5, 0.6) is 5.75 Å². The van der Waals surface area contributed by atoms with Gasteiger partial charge in [0.05, 0.1) is 10.0 Å². The lowest BCUT2D eigenvalue weighted by Gasteiger charge is -2.10. The number of nitrogens with one attached hydrogen (secondary N) is 2. The third-order valence-electron chi connectivity index (χ3n) is 4.49. The molecule has 8 nitrogen and oxygen atoms in total. The Labute approximate surface area is 207 Å². The van der Waals surface area contributed by atoms with Crippen molar-refractivity contribution >= 4 is 51.2 Å². The second-order valence-electron chi connectivity index (χ2n) is 7.04. The molecule has 0 saturated heterocycles. The van der Waals surface area contributed by atoms with E-state index >= 15 is 0 Å². The summed E-state index contributed by atoms with van der Waals surface area (Å²) >= 11 is 3.33. The number of carboxylic acid groups (broad SMARTS) is 1. The van der Waals surface area contributed by atoms with Crippen LogP contribution in [0.3, 0.4) is 0 Å². The lowest BCUT2D eigenvalue weighted by molar-refractivity contribution is -0.118. The van der Waals surface area contributed by atoms with Crippen molar-refractivity contribution in [2.24, 2.45) is 0 Å². The highest BCUT2D eigenvalue weighted by atomic mass is 79.9. The number of halogens is 2. The average Bonchev–Trinajstić information content (AvgIpc) is 2.83. The first-order chi connectivity index (χ1) is 16.7. The van der Waals surface area contributed by atoms with Crippen molar-refractivity contribution < 1.29 is 28.6 Å². The third-order valence-corrected chi connectivity index (χ3v) is 5.11. The van der Waals surface area contributed by atoms with Crippen LogP contribution in [0, 0.1) is 17.1 Å². The Morgan fingerprint density at radius 1 is 1.03 bits per heavy atom. The third kappa shape index (κ3) is 7.25. The van der Waals surface area contributed by atoms with Crippen LogP contribution >= 0.6 is 15.9 Å². The lowest BCUT2D eigenvalue weighted by atomic mass is 10.1. The van der Waals surface area contributed by atoms with Crippen molar-refractivity contribution in [1.29, 1.82) is 5.26 Å². The molecule has 0 radical (unpaired) electrons. The molecule has 0 aliphatic heterocycles. The molecule has 0 bridgehead atoms. The molecule has 3 rings (SSSR count). The zero-order valence-corrected chi connectivity index (χ0v) is 19.5. The van der Waals surface area contributed by atoms with E-state index in [-0.39, 0.29) is 23.4 Å². The van der Waals surface area contributed by atoms with Crippen molar-refractivity contribution in [2.45, 2.75) is 0 Å². The summed E-state index contributed by atoms with van der Waals surface area (Å²) in [4.78, 5) is 35.6. The van der Waals surface area contributed by atoms with E-state index in [1.807, 2.05) is 6.07 Å². The maximum absolute atomic E-state index is 12.9. The van der Waals surface area contributed by atoms with Gasteiger partial charge in [-0.15, -0.1) is 0 Å². The average molecular weight is 538 g/mol. The second-order valence-corrected chi connectivity index (χ2v) is 7.90. The highest BCUT2D eigenvalue weighted by molar-refractivity contribution is 9.10. The molecular formula is C25H17BrFN3O5. The van der Waals surface area contributed by atoms with Crippen LogP contribution in [0.1, 0.15) is 15.9 Å². The SMILES string of the molecule is N#C/C(=C/c1ccc(OCC(=O)Nc2ccc(F)cc2)c(Br)c1)C(=O)Nc1cccc(C(=O)O)c1. The summed E-state index contributed by atoms with van der Waals surface area (Å²) in [5, 5.41) is 23.5. The zero-order valence-electron chi connectivity index (χ0n) is 17.9. The number of aromatic carboxylic acids is 1. The molecule has 0 heterocycles. The lowest BCUT2D eigenvalue weighted by Crippen LogP contribution is -2.20. The van der Waals surface area contributed by atoms with Crippen LogP contribution in [0.25, 0.3) is 6.08 Å². The van der Waals surface area contributed by atoms with Gasteiger partial charge in [-0.3, -0.25) is 9.59 Å². The largest absolute Gasteiger partial charge is 0.483 e. The number of carboxylic acids is 1. The van der Waals surface area contributed by atoms with E-state index in [4.69, 9.17) is 9.84 Å². The smallest absolute Gasteiger partial charge is 0.335 e. The van der Waals surface area contributed by atoms with Crippen LogP contribution in [0.15, 0.2) is 76.8 Å². The number of hydrogen-bond donors (Lipinski definition) is 3. The van der Waals surface area contributed by atoms with Crippen LogP contribution < -0.4 is 15.4 Å². The molecule has 3 aromatic carbocycles. The van der Waals surface area contributed by atoms with Crippen molar-refractivity contribution in [3.63, 3.8) is 0 Å². The topological polar surface area (TPSA) is 129 Å². The first kappa shape index (κ1) is 25.1. The summed E-state index contributed by atoms with van der Waals surface area (Å²) < 4.78 is 18.9. The minimum absolute atomic E-state index is 0.00356. The highest BCUT2D eigenvalue weighted by Crippen LogP contribution is 2.27. The molecule has 3 N–H and O–H groups in total. The van der Waals surface area contributed by atoms with Gasteiger partial charge in [-0.25, -0.2) is 9.18 Å². The number of carbonyl (C=O) groups is 3. The summed E-state index contributed by atoms with van der Waals surface area (Å²) in [6.07, 6.45) is 1.35. The van der Waals surface area contributed by atoms with E-state index in [0.717, 1.165) is 0 Å². The van der Waals surface area contributed by atoms with Crippen LogP contribution in [-0.2, 0) is 9.59 Å². The second kappa shape index (κ2) is 11.6. The maximum Gasteiger partial charge on any atom is 0.335 e. The Balaban J connectivity index is 1.64. The quantitative estimate of drug-likeness (QED) is 0.278. The van der Waals surface area contributed by atoms with Gasteiger partial charge in [0.2, 0.25) is 0 Å². The van der Waals surface area contributed by atoms with E-state index in [1.165, 1.54) is 54.6 Å². The summed E-state index contributed by atoms with van der Waals surface area (Å²) in [7, 11) is 0. The first-order valence-corrected chi connectivity index (χ1v) is 10.8. The van der Waals surface area contributed by atoms with E-state index < -0.39 is 23.6 Å². The zero-order chi connectivity index (χ0) is 25.4. The number of rotatable bonds is 8. The highest BCUT2D eigenvalue weighted by Gasteiger charge is 2.12. The number of ether oxygens (including phenoxy) is 1. The Bertz CT molecular complexity index is 1350. The first-order valence-electron chi connectivity index (χ1n) is 9.99. The summed E-state index contributed by atoms with van der Waals surface area (Å²) in [6.45, 7) is -0.299. The van der Waals surface area contributed by atoms with Gasteiger partial charge >= 0.3 is 5.97 Å². The Morgan fingerprint density at radius 3 is 2.43 bits per heavy atom. The van der Waals surface area contributed by atoms with Gasteiger partial charge in [0, 0.05) is 11.4 Å². The molecule has 0 atom stereocenters. The Morgan fingerprint density at radius 2 is 1.77 bits per heavy atom. The monoisotopic (exact) mass is 537 g/mol. The maximum atomic E-state index is 12.9. The number of nitriles is 1. The molecule has 0 spiro atoms. The van der Waals surface area contributed by atoms with E-state index in [0.29, 0.717) is 21.5 Å². The van der Waals surface area contributed by atoms with Crippen molar-refractivity contribution in [2.75, 3.05) is 17.2 Å². The van der Waals surface area contributed by atoms with E-state index in [2.05, 4.69) is 26.6 Å². The number of carbonyl (C=O) groups excluding carboxylic acids is 2. The molecule has 10 heteroatoms. The number of anilines is 2. The van der Waals surface area contributed by atoms with Crippen molar-refractivity contribution in [3.8, 4) is 11.8 Å². The van der Waals surface area contributed by atoms with Crippen molar-refractivity contribution in [1.82, 2.24) is 0 Å². The van der Waals surface area contributed by atoms with E-state index in [1.54, 1.807) is 18.2 Å². The number of hydrogen-bond acceptors (Lipinski definition) is 5. The molecule has 35 heavy (non-hydrogen) atoms. The predicted octanol–water partition coefficient (Wildman–Crippen LogP) is 4.85. The van der Waals surface area contributed by atoms with Crippen molar-refractivity contribution in [3.05, 3.63) is 93.7 Å². The summed E-state index contributed by atoms with van der Waals surface area (Å²) in [5.41, 5.74) is 0.962. The standard InChI is InChI=1S/C25H17BrFN3O5/c26-21-11-15(4-9-22(21)35-14-23(31)29-19-7-5-18(27)6-8-19)10-17(13-28)24(32)30-20-3-1-2-16(12-20)25(33)34/h1-12H,14H2,(H,29,31)(H,30,32)(H,33,34)/b17-10-. The molecule has 0 fully saturated rings. The molecule has 2 amide bonds. The number of benzene rings is 3. The van der Waals surface area contributed by atoms with E-state index in [9.17, 15) is 24.0 Å². The van der Waals surface area contributed by atoms with Gasteiger partial charge in [-0.2, -0.15) is 5.26 Å². The Hall–Kier alpha value is -4.49. The molecular weight excluding hydrogens is 521 g/mol. The Kier molecular flexibility index (Phi) is 8.32. The fourth-order valence-corrected chi connectivity index (χ4v) is 3.35. The van der Waals surface area contributed by atoms with Gasteiger partial charge in [0.15, 0.2) is 6.61 Å². The van der Waals surface area contributed by atoms with Gasteiger partial charge in [-0.05, 0) is 82.2 Å². The summed E-state index contributed by atoms with van der Waals surface area (Å²) in [5.74, 6) is -2.35. The normalized spacial score (nSPS) is 10.7. The minimum atomic E-state index is -1.14. The molecule has 0 saturated carbocycles. The molecule has 0 aliphatic rings. The molecule has 3 aromatic rings. The van der Waals surface area contributed by atoms with Crippen LogP contribution in [0.2, 0.25) is 0 Å². The van der Waals surface area contributed by atoms with Crippen LogP contribution in [-0.4, -0.2) is 29.5 Å². The van der Waals surface area contributed by atoms with Crippen LogP contribution in [0.4, 0.5) is 15.8 Å². The van der Waals surface area contributed by atoms with Gasteiger partial charge in [0.1, 0.15) is 23.2 Å². The predicted molar refractivity (Wildman–Crippen MR) is 130 cm³/mol.